The molecule has 0 aliphatic rings. The van der Waals surface area contributed by atoms with Gasteiger partial charge in [-0.05, 0) is 36.2 Å². The highest BCUT2D eigenvalue weighted by Gasteiger charge is 2.36. The molecule has 0 heterocycles. The maximum Gasteiger partial charge on any atom is 0.192 e. The van der Waals surface area contributed by atoms with Crippen LogP contribution in [0.4, 0.5) is 0 Å². The molecule has 0 unspecified atom stereocenters. The van der Waals surface area contributed by atoms with Gasteiger partial charge in [-0.3, -0.25) is 0 Å². The van der Waals surface area contributed by atoms with Gasteiger partial charge in [-0.2, -0.15) is 0 Å². The zero-order chi connectivity index (χ0) is 23.7. The molecule has 0 amide bonds. The highest BCUT2D eigenvalue weighted by Crippen LogP contribution is 2.36. The largest absolute Gasteiger partial charge is 0.413 e. The van der Waals surface area contributed by atoms with E-state index < -0.39 is 20.5 Å². The minimum absolute atomic E-state index is 0.161. The Morgan fingerprint density at radius 3 is 2.35 bits per heavy atom. The number of aliphatic hydroxyl groups is 1. The fourth-order valence-corrected chi connectivity index (χ4v) is 3.89. The molecule has 0 bridgehead atoms. The Bertz CT molecular complexity index is 715. The fraction of sp³-hybridized carbons (Fsp3) is 0.615. The first-order valence-corrected chi connectivity index (χ1v) is 14.0. The Hall–Kier alpha value is -1.42. The molecule has 0 aliphatic carbocycles. The van der Waals surface area contributed by atoms with Crippen molar-refractivity contribution in [3.05, 3.63) is 47.5 Å². The monoisotopic (exact) mass is 446 g/mol. The minimum atomic E-state index is -1.83. The molecule has 0 saturated heterocycles. The van der Waals surface area contributed by atoms with Crippen LogP contribution in [0, 0.1) is 18.3 Å². The van der Waals surface area contributed by atoms with Crippen molar-refractivity contribution in [2.75, 3.05) is 13.7 Å². The van der Waals surface area contributed by atoms with E-state index in [0.717, 1.165) is 11.1 Å². The molecule has 1 rings (SSSR count). The number of methoxy groups -OCH3 is 1. The van der Waals surface area contributed by atoms with Crippen molar-refractivity contribution in [2.24, 2.45) is 5.92 Å². The van der Waals surface area contributed by atoms with E-state index in [2.05, 4.69) is 45.9 Å². The molecule has 0 aromatic heterocycles. The molecule has 1 aromatic carbocycles. The summed E-state index contributed by atoms with van der Waals surface area (Å²) in [5.74, 6) is 2.40. The Morgan fingerprint density at radius 2 is 1.84 bits per heavy atom. The molecular formula is C26H42O4Si. The smallest absolute Gasteiger partial charge is 0.192 e. The van der Waals surface area contributed by atoms with Gasteiger partial charge in [0.2, 0.25) is 0 Å². The standard InChI is InChI=1S/C26H42O4Si/c1-10-24(28-7)21(3)23(27)18-25(29-19-22-14-12-11-13-15-22)20(2)16-17-30-31(8,9)26(4,5)6/h1,11-16,21,23-25,27H,17-19H2,2-9H3/b20-16+/t21-,23+,24-,25-/m0/s1. The van der Waals surface area contributed by atoms with E-state index in [1.165, 1.54) is 0 Å². The molecule has 0 fully saturated rings. The number of ether oxygens (including phenoxy) is 2. The maximum atomic E-state index is 10.8. The van der Waals surface area contributed by atoms with Crippen molar-refractivity contribution in [3.8, 4) is 12.3 Å². The van der Waals surface area contributed by atoms with Gasteiger partial charge in [0, 0.05) is 19.4 Å². The van der Waals surface area contributed by atoms with Crippen LogP contribution in [0.25, 0.3) is 0 Å². The van der Waals surface area contributed by atoms with E-state index in [1.54, 1.807) is 7.11 Å². The summed E-state index contributed by atoms with van der Waals surface area (Å²) in [5.41, 5.74) is 2.15. The van der Waals surface area contributed by atoms with Gasteiger partial charge in [0.1, 0.15) is 6.10 Å². The third kappa shape index (κ3) is 8.92. The molecule has 5 heteroatoms. The Balaban J connectivity index is 2.91. The van der Waals surface area contributed by atoms with Gasteiger partial charge < -0.3 is 19.0 Å². The number of terminal acetylenes is 1. The summed E-state index contributed by atoms with van der Waals surface area (Å²) in [6.45, 7) is 16.2. The molecule has 1 N–H and O–H groups in total. The molecule has 0 spiro atoms. The lowest BCUT2D eigenvalue weighted by molar-refractivity contribution is -0.0197. The molecule has 0 radical (unpaired) electrons. The number of aliphatic hydroxyl groups excluding tert-OH is 1. The number of benzene rings is 1. The second-order valence-electron chi connectivity index (χ2n) is 9.79. The quantitative estimate of drug-likeness (QED) is 0.259. The van der Waals surface area contributed by atoms with E-state index in [9.17, 15) is 5.11 Å². The topological polar surface area (TPSA) is 47.9 Å². The maximum absolute atomic E-state index is 10.8. The average molecular weight is 447 g/mol. The van der Waals surface area contributed by atoms with Crippen molar-refractivity contribution in [1.82, 2.24) is 0 Å². The predicted molar refractivity (Wildman–Crippen MR) is 131 cm³/mol. The van der Waals surface area contributed by atoms with Gasteiger partial charge in [-0.25, -0.2) is 0 Å². The SMILES string of the molecule is C#C[C@H](OC)[C@@H](C)[C@H](O)C[C@H](OCc1ccccc1)/C(C)=C/CO[Si](C)(C)C(C)(C)C. The number of hydrogen-bond acceptors (Lipinski definition) is 4. The van der Waals surface area contributed by atoms with E-state index in [0.29, 0.717) is 19.6 Å². The zero-order valence-corrected chi connectivity index (χ0v) is 21.6. The lowest BCUT2D eigenvalue weighted by Crippen LogP contribution is -2.40. The Labute approximate surface area is 191 Å². The normalized spacial score (nSPS) is 17.0. The van der Waals surface area contributed by atoms with Crippen LogP contribution in [-0.2, 0) is 20.5 Å². The van der Waals surface area contributed by atoms with Crippen LogP contribution in [0.15, 0.2) is 42.0 Å². The summed E-state index contributed by atoms with van der Waals surface area (Å²) in [7, 11) is -0.256. The van der Waals surface area contributed by atoms with Gasteiger partial charge in [-0.15, -0.1) is 6.42 Å². The first-order chi connectivity index (χ1) is 14.4. The fourth-order valence-electron chi connectivity index (χ4n) is 2.96. The van der Waals surface area contributed by atoms with Gasteiger partial charge in [-0.1, -0.05) is 70.0 Å². The summed E-state index contributed by atoms with van der Waals surface area (Å²) in [6.07, 6.45) is 6.75. The third-order valence-electron chi connectivity index (χ3n) is 6.42. The molecule has 31 heavy (non-hydrogen) atoms. The van der Waals surface area contributed by atoms with Crippen LogP contribution in [0.3, 0.4) is 0 Å². The second kappa shape index (κ2) is 12.6. The molecule has 0 aliphatic heterocycles. The minimum Gasteiger partial charge on any atom is -0.413 e. The summed E-state index contributed by atoms with van der Waals surface area (Å²) in [6, 6.07) is 10.1. The van der Waals surface area contributed by atoms with Crippen LogP contribution < -0.4 is 0 Å². The van der Waals surface area contributed by atoms with Gasteiger partial charge >= 0.3 is 0 Å². The summed E-state index contributed by atoms with van der Waals surface area (Å²) in [5, 5.41) is 11.0. The van der Waals surface area contributed by atoms with Gasteiger partial charge in [0.05, 0.1) is 25.4 Å². The van der Waals surface area contributed by atoms with Gasteiger partial charge in [0.15, 0.2) is 8.32 Å². The molecule has 0 saturated carbocycles. The summed E-state index contributed by atoms with van der Waals surface area (Å²) in [4.78, 5) is 0. The molecule has 4 atom stereocenters. The first-order valence-electron chi connectivity index (χ1n) is 11.1. The van der Waals surface area contributed by atoms with E-state index in [-0.39, 0.29) is 17.1 Å². The van der Waals surface area contributed by atoms with Crippen LogP contribution in [0.5, 0.6) is 0 Å². The lowest BCUT2D eigenvalue weighted by atomic mass is 9.92. The summed E-state index contributed by atoms with van der Waals surface area (Å²) >= 11 is 0. The van der Waals surface area contributed by atoms with E-state index >= 15 is 0 Å². The summed E-state index contributed by atoms with van der Waals surface area (Å²) < 4.78 is 17.9. The van der Waals surface area contributed by atoms with Crippen molar-refractivity contribution in [1.29, 1.82) is 0 Å². The van der Waals surface area contributed by atoms with Crippen molar-refractivity contribution < 1.29 is 19.0 Å². The highest BCUT2D eigenvalue weighted by molar-refractivity contribution is 6.74. The number of rotatable bonds is 12. The highest BCUT2D eigenvalue weighted by atomic mass is 28.4. The molecular weight excluding hydrogens is 404 g/mol. The third-order valence-corrected chi connectivity index (χ3v) is 10.9. The number of hydrogen-bond donors (Lipinski definition) is 1. The lowest BCUT2D eigenvalue weighted by Gasteiger charge is -2.36. The Kier molecular flexibility index (Phi) is 11.2. The van der Waals surface area contributed by atoms with Gasteiger partial charge in [0.25, 0.3) is 0 Å². The van der Waals surface area contributed by atoms with E-state index in [4.69, 9.17) is 20.3 Å². The molecule has 1 aromatic rings. The van der Waals surface area contributed by atoms with Crippen LogP contribution in [0.2, 0.25) is 18.1 Å². The van der Waals surface area contributed by atoms with Crippen molar-refractivity contribution in [2.45, 2.75) is 84.1 Å². The molecule has 174 valence electrons. The van der Waals surface area contributed by atoms with Crippen LogP contribution >= 0.6 is 0 Å². The first kappa shape index (κ1) is 27.6. The van der Waals surface area contributed by atoms with Crippen LogP contribution in [-0.4, -0.2) is 45.5 Å². The van der Waals surface area contributed by atoms with Crippen LogP contribution in [0.1, 0.15) is 46.6 Å². The average Bonchev–Trinajstić information content (AvgIpc) is 2.71. The Morgan fingerprint density at radius 1 is 1.23 bits per heavy atom. The van der Waals surface area contributed by atoms with Crippen molar-refractivity contribution in [3.63, 3.8) is 0 Å². The second-order valence-corrected chi connectivity index (χ2v) is 14.6. The zero-order valence-electron chi connectivity index (χ0n) is 20.6. The van der Waals surface area contributed by atoms with E-state index in [1.807, 2.05) is 44.2 Å². The van der Waals surface area contributed by atoms with Crippen molar-refractivity contribution >= 4 is 8.32 Å². The predicted octanol–water partition coefficient (Wildman–Crippen LogP) is 5.58. The molecule has 4 nitrogen and oxygen atoms in total.